The monoisotopic (exact) mass is 330 g/mol. The topological polar surface area (TPSA) is 96.0 Å². The number of ether oxygens (including phenoxy) is 3. The van der Waals surface area contributed by atoms with Crippen LogP contribution < -0.4 is 0 Å². The molecule has 0 heterocycles. The summed E-state index contributed by atoms with van der Waals surface area (Å²) in [6, 6.07) is 0. The molecule has 7 heteroatoms. The number of ketones is 2. The van der Waals surface area contributed by atoms with Crippen molar-refractivity contribution in [2.45, 2.75) is 41.0 Å². The Hall–Kier alpha value is -1.76. The number of carbonyl (C=O) groups excluding carboxylic acids is 4. The SMILES string of the molecule is CCOC(=O)C(C)(CC)COCCOC(=O)C(C(C)=O)C(C)=O. The molecule has 0 N–H and O–H groups in total. The van der Waals surface area contributed by atoms with Crippen LogP contribution in [0.25, 0.3) is 0 Å². The van der Waals surface area contributed by atoms with Crippen molar-refractivity contribution in [3.05, 3.63) is 0 Å². The van der Waals surface area contributed by atoms with Crippen molar-refractivity contribution in [2.75, 3.05) is 26.4 Å². The van der Waals surface area contributed by atoms with Gasteiger partial charge in [-0.25, -0.2) is 0 Å². The van der Waals surface area contributed by atoms with E-state index >= 15 is 0 Å². The minimum atomic E-state index is -1.38. The van der Waals surface area contributed by atoms with E-state index in [9.17, 15) is 19.2 Å². The van der Waals surface area contributed by atoms with E-state index in [2.05, 4.69) is 0 Å². The summed E-state index contributed by atoms with van der Waals surface area (Å²) in [7, 11) is 0. The van der Waals surface area contributed by atoms with Gasteiger partial charge in [-0.1, -0.05) is 6.92 Å². The predicted molar refractivity (Wildman–Crippen MR) is 81.7 cm³/mol. The fraction of sp³-hybridized carbons (Fsp3) is 0.750. The molecule has 0 aliphatic rings. The minimum absolute atomic E-state index is 0.0588. The minimum Gasteiger partial charge on any atom is -0.466 e. The molecule has 0 aliphatic heterocycles. The maximum absolute atomic E-state index is 11.8. The fourth-order valence-electron chi connectivity index (χ4n) is 1.81. The van der Waals surface area contributed by atoms with E-state index in [0.717, 1.165) is 13.8 Å². The van der Waals surface area contributed by atoms with Gasteiger partial charge in [-0.15, -0.1) is 0 Å². The molecule has 0 saturated carbocycles. The van der Waals surface area contributed by atoms with Gasteiger partial charge in [0.05, 0.1) is 25.2 Å². The smallest absolute Gasteiger partial charge is 0.324 e. The average molecular weight is 330 g/mol. The highest BCUT2D eigenvalue weighted by Gasteiger charge is 2.33. The lowest BCUT2D eigenvalue weighted by atomic mass is 9.89. The summed E-state index contributed by atoms with van der Waals surface area (Å²) in [6.45, 7) is 8.03. The number of hydrogen-bond donors (Lipinski definition) is 0. The van der Waals surface area contributed by atoms with Crippen molar-refractivity contribution in [1.82, 2.24) is 0 Å². The van der Waals surface area contributed by atoms with Gasteiger partial charge in [-0.05, 0) is 34.1 Å². The molecule has 0 fully saturated rings. The highest BCUT2D eigenvalue weighted by molar-refractivity contribution is 6.15. The maximum atomic E-state index is 11.8. The third kappa shape index (κ3) is 6.90. The molecule has 0 saturated heterocycles. The maximum Gasteiger partial charge on any atom is 0.324 e. The van der Waals surface area contributed by atoms with Crippen LogP contribution in [0.4, 0.5) is 0 Å². The summed E-state index contributed by atoms with van der Waals surface area (Å²) in [4.78, 5) is 45.9. The van der Waals surface area contributed by atoms with Crippen molar-refractivity contribution in [2.24, 2.45) is 11.3 Å². The summed E-state index contributed by atoms with van der Waals surface area (Å²) >= 11 is 0. The molecule has 132 valence electrons. The van der Waals surface area contributed by atoms with Crippen LogP contribution in [-0.2, 0) is 33.4 Å². The molecule has 23 heavy (non-hydrogen) atoms. The highest BCUT2D eigenvalue weighted by Crippen LogP contribution is 2.23. The van der Waals surface area contributed by atoms with Crippen molar-refractivity contribution in [3.63, 3.8) is 0 Å². The van der Waals surface area contributed by atoms with Crippen LogP contribution in [0.5, 0.6) is 0 Å². The van der Waals surface area contributed by atoms with Gasteiger partial charge in [0.25, 0.3) is 0 Å². The number of hydrogen-bond acceptors (Lipinski definition) is 7. The lowest BCUT2D eigenvalue weighted by Crippen LogP contribution is -2.35. The van der Waals surface area contributed by atoms with Crippen LogP contribution >= 0.6 is 0 Å². The first-order chi connectivity index (χ1) is 10.7. The summed E-state index contributed by atoms with van der Waals surface area (Å²) in [5.41, 5.74) is -0.763. The zero-order chi connectivity index (χ0) is 18.0. The second kappa shape index (κ2) is 10.1. The summed E-state index contributed by atoms with van der Waals surface area (Å²) in [5.74, 6) is -3.70. The highest BCUT2D eigenvalue weighted by atomic mass is 16.6. The van der Waals surface area contributed by atoms with E-state index in [0.29, 0.717) is 13.0 Å². The number of rotatable bonds is 11. The van der Waals surface area contributed by atoms with Gasteiger partial charge in [0.1, 0.15) is 6.61 Å². The van der Waals surface area contributed by atoms with Gasteiger partial charge in [-0.2, -0.15) is 0 Å². The van der Waals surface area contributed by atoms with Crippen LogP contribution in [-0.4, -0.2) is 49.9 Å². The molecule has 7 nitrogen and oxygen atoms in total. The standard InChI is InChI=1S/C16H26O7/c1-6-16(5,15(20)22-7-2)10-21-8-9-23-14(19)13(11(3)17)12(4)18/h13H,6-10H2,1-5H3. The first-order valence-corrected chi connectivity index (χ1v) is 7.62. The lowest BCUT2D eigenvalue weighted by Gasteiger charge is -2.25. The van der Waals surface area contributed by atoms with E-state index in [1.165, 1.54) is 0 Å². The Morgan fingerprint density at radius 3 is 1.96 bits per heavy atom. The quantitative estimate of drug-likeness (QED) is 0.320. The number of carbonyl (C=O) groups is 4. The average Bonchev–Trinajstić information content (AvgIpc) is 2.45. The van der Waals surface area contributed by atoms with Gasteiger partial charge < -0.3 is 14.2 Å². The van der Waals surface area contributed by atoms with E-state index in [1.807, 2.05) is 6.92 Å². The van der Waals surface area contributed by atoms with Gasteiger partial charge in [-0.3, -0.25) is 19.2 Å². The molecule has 0 aromatic heterocycles. The molecule has 0 bridgehead atoms. The third-order valence-electron chi connectivity index (χ3n) is 3.49. The Morgan fingerprint density at radius 1 is 0.957 bits per heavy atom. The Morgan fingerprint density at radius 2 is 1.52 bits per heavy atom. The van der Waals surface area contributed by atoms with Crippen LogP contribution in [0.15, 0.2) is 0 Å². The normalized spacial score (nSPS) is 13.3. The van der Waals surface area contributed by atoms with Crippen LogP contribution in [0.3, 0.4) is 0 Å². The summed E-state index contributed by atoms with van der Waals surface area (Å²) in [5, 5.41) is 0. The molecule has 0 radical (unpaired) electrons. The van der Waals surface area contributed by atoms with Crippen molar-refractivity contribution in [1.29, 1.82) is 0 Å². The molecule has 0 amide bonds. The number of esters is 2. The van der Waals surface area contributed by atoms with Crippen LogP contribution in [0, 0.1) is 11.3 Å². The van der Waals surface area contributed by atoms with Gasteiger partial charge in [0.2, 0.25) is 0 Å². The van der Waals surface area contributed by atoms with Crippen molar-refractivity contribution >= 4 is 23.5 Å². The van der Waals surface area contributed by atoms with Crippen molar-refractivity contribution < 1.29 is 33.4 Å². The molecule has 0 aromatic rings. The molecular weight excluding hydrogens is 304 g/mol. The molecule has 0 aromatic carbocycles. The molecule has 0 rings (SSSR count). The summed E-state index contributed by atoms with van der Waals surface area (Å²) in [6.07, 6.45) is 0.544. The first-order valence-electron chi connectivity index (χ1n) is 7.62. The van der Waals surface area contributed by atoms with E-state index in [4.69, 9.17) is 14.2 Å². The molecule has 0 aliphatic carbocycles. The third-order valence-corrected chi connectivity index (χ3v) is 3.49. The largest absolute Gasteiger partial charge is 0.466 e. The second-order valence-electron chi connectivity index (χ2n) is 5.51. The second-order valence-corrected chi connectivity index (χ2v) is 5.51. The summed E-state index contributed by atoms with van der Waals surface area (Å²) < 4.78 is 15.2. The Bertz CT molecular complexity index is 430. The predicted octanol–water partition coefficient (Wildman–Crippen LogP) is 1.32. The lowest BCUT2D eigenvalue weighted by molar-refractivity contribution is -0.161. The van der Waals surface area contributed by atoms with Gasteiger partial charge in [0.15, 0.2) is 17.5 Å². The van der Waals surface area contributed by atoms with Gasteiger partial charge >= 0.3 is 11.9 Å². The fourth-order valence-corrected chi connectivity index (χ4v) is 1.81. The molecule has 0 spiro atoms. The Labute approximate surface area is 136 Å². The van der Waals surface area contributed by atoms with Crippen LogP contribution in [0.1, 0.15) is 41.0 Å². The van der Waals surface area contributed by atoms with Crippen molar-refractivity contribution in [3.8, 4) is 0 Å². The molecule has 1 unspecified atom stereocenters. The van der Waals surface area contributed by atoms with E-state index in [-0.39, 0.29) is 25.8 Å². The zero-order valence-corrected chi connectivity index (χ0v) is 14.5. The molecule has 1 atom stereocenters. The van der Waals surface area contributed by atoms with E-state index < -0.39 is 28.9 Å². The van der Waals surface area contributed by atoms with E-state index in [1.54, 1.807) is 13.8 Å². The van der Waals surface area contributed by atoms with Gasteiger partial charge in [0, 0.05) is 0 Å². The zero-order valence-electron chi connectivity index (χ0n) is 14.5. The number of Topliss-reactive ketones (excluding diaryl/α,β-unsaturated/α-hetero) is 2. The molecular formula is C16H26O7. The first kappa shape index (κ1) is 21.2. The Balaban J connectivity index is 4.26. The Kier molecular flexibility index (Phi) is 9.32. The van der Waals surface area contributed by atoms with Crippen LogP contribution in [0.2, 0.25) is 0 Å².